The zero-order valence-electron chi connectivity index (χ0n) is 12.5. The normalized spacial score (nSPS) is 16.2. The Hall–Kier alpha value is -2.14. The van der Waals surface area contributed by atoms with E-state index in [0.717, 1.165) is 43.0 Å². The van der Waals surface area contributed by atoms with Crippen LogP contribution in [0.1, 0.15) is 16.1 Å². The van der Waals surface area contributed by atoms with Crippen LogP contribution in [-0.4, -0.2) is 59.1 Å². The van der Waals surface area contributed by atoms with Gasteiger partial charge >= 0.3 is 0 Å². The van der Waals surface area contributed by atoms with Gasteiger partial charge in [0.05, 0.1) is 5.69 Å². The first kappa shape index (κ1) is 13.8. The van der Waals surface area contributed by atoms with E-state index in [-0.39, 0.29) is 5.91 Å². The zero-order chi connectivity index (χ0) is 14.8. The molecule has 1 saturated heterocycles. The summed E-state index contributed by atoms with van der Waals surface area (Å²) >= 11 is 0. The maximum absolute atomic E-state index is 12.5. The van der Waals surface area contributed by atoms with E-state index in [1.54, 1.807) is 0 Å². The second kappa shape index (κ2) is 5.69. The highest BCUT2D eigenvalue weighted by Gasteiger charge is 2.22. The molecule has 2 heterocycles. The molecule has 21 heavy (non-hydrogen) atoms. The Morgan fingerprint density at radius 3 is 2.62 bits per heavy atom. The van der Waals surface area contributed by atoms with E-state index in [9.17, 15) is 4.79 Å². The third-order valence-corrected chi connectivity index (χ3v) is 4.02. The lowest BCUT2D eigenvalue weighted by atomic mass is 10.1. The number of amides is 1. The summed E-state index contributed by atoms with van der Waals surface area (Å²) in [5, 5.41) is 7.18. The average molecular weight is 284 g/mol. The van der Waals surface area contributed by atoms with Gasteiger partial charge in [0, 0.05) is 31.7 Å². The predicted octanol–water partition coefficient (Wildman–Crippen LogP) is 1.77. The number of likely N-dealkylation sites (N-methyl/N-ethyl adjacent to an activating group) is 1. The number of piperazine rings is 1. The molecule has 5 nitrogen and oxygen atoms in total. The molecule has 0 aliphatic carbocycles. The standard InChI is InChI=1S/C16H20N4O/c1-12-5-3-4-6-13(12)14-11-15(18-17-14)16(21)20-9-7-19(2)8-10-20/h3-6,11H,7-10H2,1-2H3,(H,17,18). The quantitative estimate of drug-likeness (QED) is 0.914. The first-order valence-electron chi connectivity index (χ1n) is 7.24. The molecule has 0 spiro atoms. The molecule has 2 aromatic rings. The Bertz CT molecular complexity index is 641. The third-order valence-electron chi connectivity index (χ3n) is 4.02. The molecule has 3 rings (SSSR count). The molecule has 0 saturated carbocycles. The molecule has 0 bridgehead atoms. The number of aromatic amines is 1. The number of carbonyl (C=O) groups is 1. The van der Waals surface area contributed by atoms with Crippen LogP contribution in [0.5, 0.6) is 0 Å². The molecule has 5 heteroatoms. The Morgan fingerprint density at radius 2 is 1.90 bits per heavy atom. The number of carbonyl (C=O) groups excluding carboxylic acids is 1. The maximum Gasteiger partial charge on any atom is 0.271 e. The fourth-order valence-electron chi connectivity index (χ4n) is 2.61. The minimum absolute atomic E-state index is 0.0374. The summed E-state index contributed by atoms with van der Waals surface area (Å²) in [6.07, 6.45) is 0. The summed E-state index contributed by atoms with van der Waals surface area (Å²) in [7, 11) is 2.08. The summed E-state index contributed by atoms with van der Waals surface area (Å²) in [5.74, 6) is 0.0374. The Labute approximate surface area is 124 Å². The lowest BCUT2D eigenvalue weighted by Gasteiger charge is -2.32. The minimum Gasteiger partial charge on any atom is -0.335 e. The molecule has 0 unspecified atom stereocenters. The van der Waals surface area contributed by atoms with Crippen LogP contribution in [0.3, 0.4) is 0 Å². The van der Waals surface area contributed by atoms with E-state index in [0.29, 0.717) is 5.69 Å². The van der Waals surface area contributed by atoms with Crippen LogP contribution in [0, 0.1) is 6.92 Å². The predicted molar refractivity (Wildman–Crippen MR) is 82.2 cm³/mol. The van der Waals surface area contributed by atoms with Crippen LogP contribution in [0.25, 0.3) is 11.3 Å². The monoisotopic (exact) mass is 284 g/mol. The first-order chi connectivity index (χ1) is 10.1. The summed E-state index contributed by atoms with van der Waals surface area (Å²) < 4.78 is 0. The highest BCUT2D eigenvalue weighted by molar-refractivity contribution is 5.93. The molecule has 1 N–H and O–H groups in total. The van der Waals surface area contributed by atoms with Crippen molar-refractivity contribution in [2.24, 2.45) is 0 Å². The number of H-pyrrole nitrogens is 1. The van der Waals surface area contributed by atoms with Gasteiger partial charge in [-0.25, -0.2) is 0 Å². The first-order valence-corrected chi connectivity index (χ1v) is 7.24. The molecule has 1 amide bonds. The van der Waals surface area contributed by atoms with Gasteiger partial charge < -0.3 is 9.80 Å². The summed E-state index contributed by atoms with van der Waals surface area (Å²) in [5.41, 5.74) is 3.61. The third kappa shape index (κ3) is 2.83. The van der Waals surface area contributed by atoms with Crippen molar-refractivity contribution >= 4 is 5.91 Å². The van der Waals surface area contributed by atoms with Gasteiger partial charge in [-0.1, -0.05) is 24.3 Å². The molecule has 1 aliphatic heterocycles. The van der Waals surface area contributed by atoms with Crippen molar-refractivity contribution < 1.29 is 4.79 Å². The lowest BCUT2D eigenvalue weighted by Crippen LogP contribution is -2.47. The number of hydrogen-bond acceptors (Lipinski definition) is 3. The van der Waals surface area contributed by atoms with Crippen LogP contribution in [-0.2, 0) is 0 Å². The number of aromatic nitrogens is 2. The van der Waals surface area contributed by atoms with Crippen molar-refractivity contribution in [3.63, 3.8) is 0 Å². The fraction of sp³-hybridized carbons (Fsp3) is 0.375. The van der Waals surface area contributed by atoms with Crippen LogP contribution in [0.2, 0.25) is 0 Å². The number of nitrogens with one attached hydrogen (secondary N) is 1. The van der Waals surface area contributed by atoms with Gasteiger partial charge in [-0.2, -0.15) is 5.10 Å². The van der Waals surface area contributed by atoms with E-state index in [4.69, 9.17) is 0 Å². The number of rotatable bonds is 2. The van der Waals surface area contributed by atoms with Crippen molar-refractivity contribution in [2.45, 2.75) is 6.92 Å². The van der Waals surface area contributed by atoms with Crippen LogP contribution >= 0.6 is 0 Å². The Morgan fingerprint density at radius 1 is 1.19 bits per heavy atom. The van der Waals surface area contributed by atoms with Gasteiger partial charge in [0.1, 0.15) is 5.69 Å². The minimum atomic E-state index is 0.0374. The largest absolute Gasteiger partial charge is 0.335 e. The summed E-state index contributed by atoms with van der Waals surface area (Å²) in [4.78, 5) is 16.6. The molecular weight excluding hydrogens is 264 g/mol. The average Bonchev–Trinajstić information content (AvgIpc) is 2.97. The molecule has 0 radical (unpaired) electrons. The van der Waals surface area contributed by atoms with Crippen molar-refractivity contribution in [1.82, 2.24) is 20.0 Å². The van der Waals surface area contributed by atoms with E-state index in [1.807, 2.05) is 42.2 Å². The molecule has 0 atom stereocenters. The van der Waals surface area contributed by atoms with Crippen molar-refractivity contribution in [1.29, 1.82) is 0 Å². The molecule has 1 aliphatic rings. The van der Waals surface area contributed by atoms with Crippen molar-refractivity contribution in [3.8, 4) is 11.3 Å². The molecular formula is C16H20N4O. The Kier molecular flexibility index (Phi) is 3.75. The lowest BCUT2D eigenvalue weighted by molar-refractivity contribution is 0.0658. The fourth-order valence-corrected chi connectivity index (χ4v) is 2.61. The van der Waals surface area contributed by atoms with Gasteiger partial charge in [-0.3, -0.25) is 9.89 Å². The van der Waals surface area contributed by atoms with E-state index in [2.05, 4.69) is 22.1 Å². The number of hydrogen-bond donors (Lipinski definition) is 1. The number of aryl methyl sites for hydroxylation is 1. The molecule has 1 aromatic heterocycles. The maximum atomic E-state index is 12.5. The SMILES string of the molecule is Cc1ccccc1-c1cc(C(=O)N2CCN(C)CC2)[nH]n1. The summed E-state index contributed by atoms with van der Waals surface area (Å²) in [6, 6.07) is 9.91. The van der Waals surface area contributed by atoms with Crippen molar-refractivity contribution in [3.05, 3.63) is 41.6 Å². The van der Waals surface area contributed by atoms with E-state index >= 15 is 0 Å². The summed E-state index contributed by atoms with van der Waals surface area (Å²) in [6.45, 7) is 5.43. The number of benzene rings is 1. The number of nitrogens with zero attached hydrogens (tertiary/aromatic N) is 3. The van der Waals surface area contributed by atoms with E-state index < -0.39 is 0 Å². The smallest absolute Gasteiger partial charge is 0.271 e. The molecule has 1 fully saturated rings. The Balaban J connectivity index is 1.79. The van der Waals surface area contributed by atoms with Gasteiger partial charge in [0.15, 0.2) is 0 Å². The zero-order valence-corrected chi connectivity index (χ0v) is 12.5. The van der Waals surface area contributed by atoms with Crippen molar-refractivity contribution in [2.75, 3.05) is 33.2 Å². The van der Waals surface area contributed by atoms with Gasteiger partial charge in [-0.15, -0.1) is 0 Å². The second-order valence-corrected chi connectivity index (χ2v) is 5.58. The highest BCUT2D eigenvalue weighted by atomic mass is 16.2. The van der Waals surface area contributed by atoms with E-state index in [1.165, 1.54) is 0 Å². The van der Waals surface area contributed by atoms with Crippen LogP contribution in [0.15, 0.2) is 30.3 Å². The van der Waals surface area contributed by atoms with Gasteiger partial charge in [0.2, 0.25) is 0 Å². The van der Waals surface area contributed by atoms with Crippen LogP contribution in [0.4, 0.5) is 0 Å². The topological polar surface area (TPSA) is 52.2 Å². The highest BCUT2D eigenvalue weighted by Crippen LogP contribution is 2.22. The molecule has 1 aromatic carbocycles. The molecule has 110 valence electrons. The van der Waals surface area contributed by atoms with Crippen LogP contribution < -0.4 is 0 Å². The second-order valence-electron chi connectivity index (χ2n) is 5.58. The van der Waals surface area contributed by atoms with Gasteiger partial charge in [-0.05, 0) is 25.6 Å². The van der Waals surface area contributed by atoms with Gasteiger partial charge in [0.25, 0.3) is 5.91 Å².